The molecule has 0 aliphatic carbocycles. The maximum Gasteiger partial charge on any atom is 0.236 e. The van der Waals surface area contributed by atoms with Gasteiger partial charge >= 0.3 is 0 Å². The Labute approximate surface area is 72.2 Å². The van der Waals surface area contributed by atoms with Crippen LogP contribution in [0.1, 0.15) is 19.8 Å². The van der Waals surface area contributed by atoms with Gasteiger partial charge in [-0.1, -0.05) is 13.3 Å². The number of nitrogens with two attached hydrogens (primary N) is 2. The van der Waals surface area contributed by atoms with Crippen LogP contribution in [0.3, 0.4) is 0 Å². The lowest BCUT2D eigenvalue weighted by Crippen LogP contribution is -2.38. The monoisotopic (exact) mass is 172 g/mol. The van der Waals surface area contributed by atoms with Crippen molar-refractivity contribution in [2.24, 2.45) is 16.5 Å². The average Bonchev–Trinajstić information content (AvgIpc) is 2.01. The second-order valence-corrected chi connectivity index (χ2v) is 2.44. The summed E-state index contributed by atoms with van der Waals surface area (Å²) >= 11 is 0. The smallest absolute Gasteiger partial charge is 0.236 e. The van der Waals surface area contributed by atoms with Crippen LogP contribution in [0.25, 0.3) is 0 Å². The van der Waals surface area contributed by atoms with E-state index < -0.39 is 5.91 Å². The first-order valence-corrected chi connectivity index (χ1v) is 3.99. The van der Waals surface area contributed by atoms with E-state index in [0.717, 1.165) is 12.8 Å². The maximum atomic E-state index is 10.3. The summed E-state index contributed by atoms with van der Waals surface area (Å²) in [5.74, 6) is -0.161. The Morgan fingerprint density at radius 1 is 1.50 bits per heavy atom. The molecule has 0 rings (SSSR count). The molecule has 5 heteroatoms. The number of carbonyl (C=O) groups is 1. The predicted molar refractivity (Wildman–Crippen MR) is 48.6 cm³/mol. The van der Waals surface area contributed by atoms with E-state index in [1.165, 1.54) is 0 Å². The number of carbonyl (C=O) groups excluding carboxylic acids is 1. The van der Waals surface area contributed by atoms with Crippen LogP contribution in [0.5, 0.6) is 0 Å². The van der Waals surface area contributed by atoms with Gasteiger partial charge in [0.1, 0.15) is 0 Å². The lowest BCUT2D eigenvalue weighted by atomic mass is 10.3. The van der Waals surface area contributed by atoms with Gasteiger partial charge in [0.15, 0.2) is 5.96 Å². The largest absolute Gasteiger partial charge is 0.370 e. The number of nitrogens with zero attached hydrogens (tertiary/aromatic N) is 1. The van der Waals surface area contributed by atoms with Crippen molar-refractivity contribution in [2.45, 2.75) is 19.8 Å². The highest BCUT2D eigenvalue weighted by atomic mass is 16.1. The summed E-state index contributed by atoms with van der Waals surface area (Å²) < 4.78 is 0. The molecule has 0 atom stereocenters. The number of unbranched alkanes of at least 4 members (excludes halogenated alkanes) is 1. The summed E-state index contributed by atoms with van der Waals surface area (Å²) in [7, 11) is 0. The Hall–Kier alpha value is -1.26. The van der Waals surface area contributed by atoms with E-state index >= 15 is 0 Å². The fourth-order valence-corrected chi connectivity index (χ4v) is 0.591. The zero-order valence-electron chi connectivity index (χ0n) is 7.34. The van der Waals surface area contributed by atoms with Gasteiger partial charge in [-0.3, -0.25) is 9.79 Å². The number of hydrogen-bond donors (Lipinski definition) is 3. The number of nitrogens with one attached hydrogen (secondary N) is 1. The van der Waals surface area contributed by atoms with Gasteiger partial charge < -0.3 is 16.8 Å². The van der Waals surface area contributed by atoms with Crippen LogP contribution in [-0.2, 0) is 4.79 Å². The number of hydrogen-bond acceptors (Lipinski definition) is 2. The van der Waals surface area contributed by atoms with E-state index in [0.29, 0.717) is 6.54 Å². The molecule has 0 aromatic rings. The topological polar surface area (TPSA) is 93.5 Å². The van der Waals surface area contributed by atoms with Crippen LogP contribution in [0, 0.1) is 0 Å². The molecule has 0 heterocycles. The van der Waals surface area contributed by atoms with Gasteiger partial charge in [-0.2, -0.15) is 0 Å². The van der Waals surface area contributed by atoms with Crippen molar-refractivity contribution in [1.82, 2.24) is 5.32 Å². The quantitative estimate of drug-likeness (QED) is 0.287. The molecule has 1 amide bonds. The number of rotatable bonds is 5. The fourth-order valence-electron chi connectivity index (χ4n) is 0.591. The van der Waals surface area contributed by atoms with Gasteiger partial charge in [-0.25, -0.2) is 0 Å². The SMILES string of the molecule is CCCCN=C(N)NCC(N)=O. The predicted octanol–water partition coefficient (Wildman–Crippen LogP) is -0.824. The van der Waals surface area contributed by atoms with Gasteiger partial charge in [0.05, 0.1) is 6.54 Å². The highest BCUT2D eigenvalue weighted by Gasteiger charge is 1.93. The standard InChI is InChI=1S/C7H16N4O/c1-2-3-4-10-7(9)11-5-6(8)12/h2-5H2,1H3,(H2,8,12)(H3,9,10,11). The molecule has 0 spiro atoms. The molecule has 0 aromatic carbocycles. The summed E-state index contributed by atoms with van der Waals surface area (Å²) in [5.41, 5.74) is 10.3. The van der Waals surface area contributed by atoms with Crippen LogP contribution in [0.15, 0.2) is 4.99 Å². The average molecular weight is 172 g/mol. The van der Waals surface area contributed by atoms with E-state index in [9.17, 15) is 4.79 Å². The third kappa shape index (κ3) is 6.85. The molecule has 0 aliphatic rings. The second kappa shape index (κ2) is 6.45. The summed E-state index contributed by atoms with van der Waals surface area (Å²) in [4.78, 5) is 14.2. The van der Waals surface area contributed by atoms with Crippen LogP contribution < -0.4 is 16.8 Å². The normalized spacial score (nSPS) is 11.2. The Kier molecular flexibility index (Phi) is 5.77. The molecule has 5 N–H and O–H groups in total. The van der Waals surface area contributed by atoms with Crippen molar-refractivity contribution >= 4 is 11.9 Å². The number of amides is 1. The Morgan fingerprint density at radius 3 is 2.67 bits per heavy atom. The Morgan fingerprint density at radius 2 is 2.17 bits per heavy atom. The third-order valence-corrected chi connectivity index (χ3v) is 1.24. The third-order valence-electron chi connectivity index (χ3n) is 1.24. The van der Waals surface area contributed by atoms with Gasteiger partial charge in [-0.15, -0.1) is 0 Å². The molecular weight excluding hydrogens is 156 g/mol. The van der Waals surface area contributed by atoms with E-state index in [1.54, 1.807) is 0 Å². The molecule has 0 unspecified atom stereocenters. The van der Waals surface area contributed by atoms with Crippen molar-refractivity contribution in [2.75, 3.05) is 13.1 Å². The number of aliphatic imine (C=N–C) groups is 1. The van der Waals surface area contributed by atoms with Gasteiger partial charge in [0.2, 0.25) is 5.91 Å². The Bertz CT molecular complexity index is 167. The molecule has 0 aromatic heterocycles. The van der Waals surface area contributed by atoms with Crippen LogP contribution in [-0.4, -0.2) is 25.0 Å². The molecule has 0 fully saturated rings. The molecule has 12 heavy (non-hydrogen) atoms. The molecule has 0 bridgehead atoms. The molecule has 5 nitrogen and oxygen atoms in total. The summed E-state index contributed by atoms with van der Waals surface area (Å²) in [6, 6.07) is 0. The van der Waals surface area contributed by atoms with E-state index in [1.807, 2.05) is 0 Å². The van der Waals surface area contributed by atoms with Crippen LogP contribution >= 0.6 is 0 Å². The first kappa shape index (κ1) is 10.7. The van der Waals surface area contributed by atoms with E-state index in [-0.39, 0.29) is 12.5 Å². The van der Waals surface area contributed by atoms with Crippen molar-refractivity contribution in [3.8, 4) is 0 Å². The lowest BCUT2D eigenvalue weighted by molar-refractivity contribution is -0.116. The van der Waals surface area contributed by atoms with Crippen LogP contribution in [0.2, 0.25) is 0 Å². The highest BCUT2D eigenvalue weighted by molar-refractivity contribution is 5.84. The minimum absolute atomic E-state index is 0.0431. The molecular formula is C7H16N4O. The first-order valence-electron chi connectivity index (χ1n) is 3.99. The lowest BCUT2D eigenvalue weighted by Gasteiger charge is -2.01. The molecule has 70 valence electrons. The van der Waals surface area contributed by atoms with Crippen molar-refractivity contribution < 1.29 is 4.79 Å². The van der Waals surface area contributed by atoms with Gasteiger partial charge in [0, 0.05) is 6.54 Å². The van der Waals surface area contributed by atoms with Crippen molar-refractivity contribution in [3.05, 3.63) is 0 Å². The summed E-state index contributed by atoms with van der Waals surface area (Å²) in [6.07, 6.45) is 2.07. The van der Waals surface area contributed by atoms with Gasteiger partial charge in [0.25, 0.3) is 0 Å². The number of primary amides is 1. The first-order chi connectivity index (χ1) is 5.66. The molecule has 0 aliphatic heterocycles. The van der Waals surface area contributed by atoms with E-state index in [4.69, 9.17) is 11.5 Å². The minimum Gasteiger partial charge on any atom is -0.370 e. The minimum atomic E-state index is -0.441. The van der Waals surface area contributed by atoms with Crippen LogP contribution in [0.4, 0.5) is 0 Å². The molecule has 0 radical (unpaired) electrons. The molecule has 0 saturated heterocycles. The number of guanidine groups is 1. The molecule has 0 saturated carbocycles. The summed E-state index contributed by atoms with van der Waals surface area (Å²) in [5, 5.41) is 2.59. The van der Waals surface area contributed by atoms with Crippen molar-refractivity contribution in [1.29, 1.82) is 0 Å². The van der Waals surface area contributed by atoms with Crippen molar-refractivity contribution in [3.63, 3.8) is 0 Å². The van der Waals surface area contributed by atoms with Gasteiger partial charge in [-0.05, 0) is 6.42 Å². The van der Waals surface area contributed by atoms with E-state index in [2.05, 4.69) is 17.2 Å². The zero-order valence-corrected chi connectivity index (χ0v) is 7.34. The zero-order chi connectivity index (χ0) is 9.40. The second-order valence-electron chi connectivity index (χ2n) is 2.44. The summed E-state index contributed by atoms with van der Waals surface area (Å²) in [6.45, 7) is 2.80. The Balaban J connectivity index is 3.48. The maximum absolute atomic E-state index is 10.3. The highest BCUT2D eigenvalue weighted by Crippen LogP contribution is 1.85. The fraction of sp³-hybridized carbons (Fsp3) is 0.714.